The van der Waals surface area contributed by atoms with Crippen molar-refractivity contribution >= 4 is 24.3 Å². The van der Waals surface area contributed by atoms with Crippen LogP contribution in [-0.2, 0) is 9.59 Å². The molecule has 0 N–H and O–H groups in total. The van der Waals surface area contributed by atoms with Crippen molar-refractivity contribution in [2.24, 2.45) is 5.92 Å². The summed E-state index contributed by atoms with van der Waals surface area (Å²) in [5.41, 5.74) is 0. The maximum atomic E-state index is 11.8. The van der Waals surface area contributed by atoms with Crippen LogP contribution in [0, 0.1) is 5.92 Å². The zero-order valence-electron chi connectivity index (χ0n) is 8.69. The van der Waals surface area contributed by atoms with E-state index in [2.05, 4.69) is 12.6 Å². The van der Waals surface area contributed by atoms with E-state index in [0.29, 0.717) is 5.75 Å². The van der Waals surface area contributed by atoms with Gasteiger partial charge in [-0.3, -0.25) is 9.59 Å². The van der Waals surface area contributed by atoms with Gasteiger partial charge in [-0.1, -0.05) is 6.92 Å². The molecule has 0 radical (unpaired) electrons. The van der Waals surface area contributed by atoms with Gasteiger partial charge in [0.1, 0.15) is 0 Å². The second-order valence-electron chi connectivity index (χ2n) is 3.88. The number of likely N-dealkylation sites (tertiary alicyclic amines) is 1. The molecule has 1 aliphatic heterocycles. The van der Waals surface area contributed by atoms with E-state index >= 15 is 0 Å². The first-order chi connectivity index (χ1) is 6.57. The molecule has 0 bridgehead atoms. The Hall–Kier alpha value is -0.510. The number of rotatable bonds is 3. The third-order valence-corrected chi connectivity index (χ3v) is 3.25. The second-order valence-corrected chi connectivity index (χ2v) is 4.25. The molecule has 1 heterocycles. The Bertz CT molecular complexity index is 242. The molecule has 80 valence electrons. The normalized spacial score (nSPS) is 23.6. The highest BCUT2D eigenvalue weighted by Gasteiger charge is 2.33. The Labute approximate surface area is 90.3 Å². The minimum absolute atomic E-state index is 0.0673. The molecule has 1 fully saturated rings. The topological polar surface area (TPSA) is 37.4 Å². The summed E-state index contributed by atoms with van der Waals surface area (Å²) < 4.78 is 0. The molecule has 14 heavy (non-hydrogen) atoms. The number of thiol groups is 1. The summed E-state index contributed by atoms with van der Waals surface area (Å²) >= 11 is 4.10. The molecule has 1 saturated heterocycles. The first-order valence-electron chi connectivity index (χ1n) is 4.99. The number of carbonyl (C=O) groups excluding carboxylic acids is 2. The SMILES string of the molecule is CC(=O)[C@H]1CCCN1C(=O)[C@@H](C)CS. The van der Waals surface area contributed by atoms with E-state index in [0.717, 1.165) is 19.4 Å². The minimum Gasteiger partial charge on any atom is -0.332 e. The van der Waals surface area contributed by atoms with Crippen LogP contribution in [0.25, 0.3) is 0 Å². The smallest absolute Gasteiger partial charge is 0.226 e. The van der Waals surface area contributed by atoms with Gasteiger partial charge in [0.05, 0.1) is 6.04 Å². The van der Waals surface area contributed by atoms with Crippen molar-refractivity contribution in [2.45, 2.75) is 32.7 Å². The molecule has 3 nitrogen and oxygen atoms in total. The van der Waals surface area contributed by atoms with Crippen molar-refractivity contribution in [1.29, 1.82) is 0 Å². The first-order valence-corrected chi connectivity index (χ1v) is 5.63. The van der Waals surface area contributed by atoms with E-state index in [4.69, 9.17) is 0 Å². The molecule has 2 atom stereocenters. The van der Waals surface area contributed by atoms with Crippen LogP contribution < -0.4 is 0 Å². The largest absolute Gasteiger partial charge is 0.332 e. The summed E-state index contributed by atoms with van der Waals surface area (Å²) in [5.74, 6) is 0.623. The third-order valence-electron chi connectivity index (χ3n) is 2.70. The molecule has 0 saturated carbocycles. The Morgan fingerprint density at radius 3 is 2.71 bits per heavy atom. The summed E-state index contributed by atoms with van der Waals surface area (Å²) in [6.07, 6.45) is 1.76. The zero-order chi connectivity index (χ0) is 10.7. The van der Waals surface area contributed by atoms with Crippen LogP contribution in [0.3, 0.4) is 0 Å². The predicted octanol–water partition coefficient (Wildman–Crippen LogP) is 1.13. The van der Waals surface area contributed by atoms with Crippen molar-refractivity contribution < 1.29 is 9.59 Å². The Morgan fingerprint density at radius 1 is 1.57 bits per heavy atom. The van der Waals surface area contributed by atoms with Gasteiger partial charge in [0, 0.05) is 18.2 Å². The average Bonchev–Trinajstić information content (AvgIpc) is 2.63. The highest BCUT2D eigenvalue weighted by molar-refractivity contribution is 7.80. The van der Waals surface area contributed by atoms with E-state index in [-0.39, 0.29) is 23.7 Å². The molecule has 1 aliphatic rings. The van der Waals surface area contributed by atoms with Gasteiger partial charge in [-0.05, 0) is 19.8 Å². The fourth-order valence-corrected chi connectivity index (χ4v) is 1.97. The molecular formula is C10H17NO2S. The highest BCUT2D eigenvalue weighted by atomic mass is 32.1. The summed E-state index contributed by atoms with van der Waals surface area (Å²) in [6, 6.07) is -0.176. The van der Waals surface area contributed by atoms with Gasteiger partial charge < -0.3 is 4.90 Å². The standard InChI is InChI=1S/C10H17NO2S/c1-7(6-14)10(13)11-5-3-4-9(11)8(2)12/h7,9,14H,3-6H2,1-2H3/t7-,9+/m0/s1. The lowest BCUT2D eigenvalue weighted by Crippen LogP contribution is -2.42. The summed E-state index contributed by atoms with van der Waals surface area (Å²) in [5, 5.41) is 0. The number of carbonyl (C=O) groups is 2. The van der Waals surface area contributed by atoms with Gasteiger partial charge in [0.25, 0.3) is 0 Å². The lowest BCUT2D eigenvalue weighted by atomic mass is 10.1. The zero-order valence-corrected chi connectivity index (χ0v) is 9.59. The lowest BCUT2D eigenvalue weighted by Gasteiger charge is -2.25. The van der Waals surface area contributed by atoms with Crippen molar-refractivity contribution in [3.05, 3.63) is 0 Å². The number of hydrogen-bond donors (Lipinski definition) is 1. The van der Waals surface area contributed by atoms with Crippen molar-refractivity contribution in [2.75, 3.05) is 12.3 Å². The van der Waals surface area contributed by atoms with Crippen molar-refractivity contribution in [1.82, 2.24) is 4.90 Å². The minimum atomic E-state index is -0.176. The van der Waals surface area contributed by atoms with Gasteiger partial charge in [-0.15, -0.1) is 0 Å². The molecular weight excluding hydrogens is 198 g/mol. The predicted molar refractivity (Wildman–Crippen MR) is 58.4 cm³/mol. The summed E-state index contributed by atoms with van der Waals surface area (Å²) in [6.45, 7) is 4.13. The third kappa shape index (κ3) is 2.29. The Morgan fingerprint density at radius 2 is 2.21 bits per heavy atom. The van der Waals surface area contributed by atoms with Crippen LogP contribution >= 0.6 is 12.6 Å². The lowest BCUT2D eigenvalue weighted by molar-refractivity contribution is -0.139. The van der Waals surface area contributed by atoms with Crippen LogP contribution in [0.5, 0.6) is 0 Å². The van der Waals surface area contributed by atoms with Gasteiger partial charge in [0.2, 0.25) is 5.91 Å². The fraction of sp³-hybridized carbons (Fsp3) is 0.800. The van der Waals surface area contributed by atoms with E-state index in [9.17, 15) is 9.59 Å². The van der Waals surface area contributed by atoms with E-state index in [1.807, 2.05) is 6.92 Å². The molecule has 0 aromatic carbocycles. The van der Waals surface area contributed by atoms with Crippen LogP contribution in [0.2, 0.25) is 0 Å². The molecule has 0 spiro atoms. The molecule has 1 amide bonds. The monoisotopic (exact) mass is 215 g/mol. The molecule has 0 aliphatic carbocycles. The number of Topliss-reactive ketones (excluding diaryl/α,β-unsaturated/α-hetero) is 1. The maximum absolute atomic E-state index is 11.8. The molecule has 0 aromatic heterocycles. The quantitative estimate of drug-likeness (QED) is 0.717. The average molecular weight is 215 g/mol. The number of nitrogens with zero attached hydrogens (tertiary/aromatic N) is 1. The van der Waals surface area contributed by atoms with Crippen LogP contribution in [-0.4, -0.2) is 34.9 Å². The van der Waals surface area contributed by atoms with Gasteiger partial charge >= 0.3 is 0 Å². The van der Waals surface area contributed by atoms with Gasteiger partial charge in [-0.2, -0.15) is 12.6 Å². The maximum Gasteiger partial charge on any atom is 0.226 e. The number of amides is 1. The highest BCUT2D eigenvalue weighted by Crippen LogP contribution is 2.20. The van der Waals surface area contributed by atoms with E-state index in [1.54, 1.807) is 11.8 Å². The molecule has 4 heteroatoms. The molecule has 1 rings (SSSR count). The number of hydrogen-bond acceptors (Lipinski definition) is 3. The van der Waals surface area contributed by atoms with Crippen molar-refractivity contribution in [3.63, 3.8) is 0 Å². The van der Waals surface area contributed by atoms with Crippen LogP contribution in [0.1, 0.15) is 26.7 Å². The summed E-state index contributed by atoms with van der Waals surface area (Å²) in [4.78, 5) is 24.8. The van der Waals surface area contributed by atoms with E-state index in [1.165, 1.54) is 0 Å². The van der Waals surface area contributed by atoms with Gasteiger partial charge in [0.15, 0.2) is 5.78 Å². The molecule has 0 aromatic rings. The number of ketones is 1. The summed E-state index contributed by atoms with van der Waals surface area (Å²) in [7, 11) is 0. The Balaban J connectivity index is 2.67. The second kappa shape index (κ2) is 4.82. The molecule has 0 unspecified atom stereocenters. The van der Waals surface area contributed by atoms with Crippen LogP contribution in [0.15, 0.2) is 0 Å². The fourth-order valence-electron chi connectivity index (χ4n) is 1.81. The van der Waals surface area contributed by atoms with Gasteiger partial charge in [-0.25, -0.2) is 0 Å². The first kappa shape index (κ1) is 11.6. The van der Waals surface area contributed by atoms with Crippen molar-refractivity contribution in [3.8, 4) is 0 Å². The Kier molecular flexibility index (Phi) is 3.98. The van der Waals surface area contributed by atoms with Crippen LogP contribution in [0.4, 0.5) is 0 Å². The van der Waals surface area contributed by atoms with E-state index < -0.39 is 0 Å².